The highest BCUT2D eigenvalue weighted by atomic mass is 19.4. The number of alkyl halides is 3. The maximum Gasteiger partial charge on any atom is 0.416 e. The summed E-state index contributed by atoms with van der Waals surface area (Å²) in [6.07, 6.45) is -4.39. The minimum Gasteiger partial charge on any atom is -0.380 e. The summed E-state index contributed by atoms with van der Waals surface area (Å²) >= 11 is 0. The molecule has 1 unspecified atom stereocenters. The number of primary amides is 1. The van der Waals surface area contributed by atoms with Crippen LogP contribution in [0.4, 0.5) is 13.2 Å². The Morgan fingerprint density at radius 2 is 1.73 bits per heavy atom. The van der Waals surface area contributed by atoms with E-state index < -0.39 is 17.6 Å². The molecule has 30 heavy (non-hydrogen) atoms. The molecule has 1 aliphatic heterocycles. The second-order valence-electron chi connectivity index (χ2n) is 7.51. The smallest absolute Gasteiger partial charge is 0.380 e. The molecular weight excluding hydrogens is 393 g/mol. The van der Waals surface area contributed by atoms with E-state index in [0.717, 1.165) is 34.0 Å². The van der Waals surface area contributed by atoms with Crippen molar-refractivity contribution < 1.29 is 22.7 Å². The predicted octanol–water partition coefficient (Wildman–Crippen LogP) is 4.31. The van der Waals surface area contributed by atoms with Crippen LogP contribution in [-0.2, 0) is 10.9 Å². The van der Waals surface area contributed by atoms with Crippen molar-refractivity contribution in [1.29, 1.82) is 0 Å². The molecule has 4 N–H and O–H groups in total. The highest BCUT2D eigenvalue weighted by molar-refractivity contribution is 6.05. The Labute approximate surface area is 171 Å². The fraction of sp³-hybridized carbons (Fsp3) is 0.261. The molecular formula is C23H21F3N2O2. The van der Waals surface area contributed by atoms with Gasteiger partial charge in [0.25, 0.3) is 0 Å². The molecule has 3 aromatic carbocycles. The fourth-order valence-corrected chi connectivity index (χ4v) is 4.24. The van der Waals surface area contributed by atoms with Gasteiger partial charge in [0.1, 0.15) is 0 Å². The quantitative estimate of drug-likeness (QED) is 0.668. The van der Waals surface area contributed by atoms with E-state index in [9.17, 15) is 18.0 Å². The Morgan fingerprint density at radius 3 is 2.37 bits per heavy atom. The van der Waals surface area contributed by atoms with Crippen LogP contribution in [0, 0.1) is 5.92 Å². The van der Waals surface area contributed by atoms with Crippen LogP contribution in [-0.4, -0.2) is 25.7 Å². The summed E-state index contributed by atoms with van der Waals surface area (Å²) in [5.41, 5.74) is 13.5. The standard InChI is InChI=1S/C23H21F3N2O2/c24-23(25,26)15-6-4-13(5-7-15)16-2-1-3-18-17(16)8-9-19(22(28)29)21(18)20-12-30-11-14(20)10-27/h1-9,14,20H,10-12,27H2,(H2,28,29)/t14?,20-/m1/s1. The first-order chi connectivity index (χ1) is 14.3. The average Bonchev–Trinajstić information content (AvgIpc) is 3.20. The summed E-state index contributed by atoms with van der Waals surface area (Å²) in [5.74, 6) is -0.554. The van der Waals surface area contributed by atoms with Crippen LogP contribution in [0.25, 0.3) is 21.9 Å². The highest BCUT2D eigenvalue weighted by Gasteiger charge is 2.33. The predicted molar refractivity (Wildman–Crippen MR) is 109 cm³/mol. The van der Waals surface area contributed by atoms with E-state index in [0.29, 0.717) is 30.9 Å². The van der Waals surface area contributed by atoms with Gasteiger partial charge in [-0.2, -0.15) is 13.2 Å². The molecule has 0 bridgehead atoms. The highest BCUT2D eigenvalue weighted by Crippen LogP contribution is 2.40. The Hall–Kier alpha value is -2.90. The summed E-state index contributed by atoms with van der Waals surface area (Å²) in [4.78, 5) is 12.1. The lowest BCUT2D eigenvalue weighted by Crippen LogP contribution is -2.24. The van der Waals surface area contributed by atoms with Gasteiger partial charge in [0, 0.05) is 17.4 Å². The first-order valence-electron chi connectivity index (χ1n) is 9.62. The number of hydrogen-bond acceptors (Lipinski definition) is 3. The van der Waals surface area contributed by atoms with Gasteiger partial charge in [0.15, 0.2) is 0 Å². The van der Waals surface area contributed by atoms with Crippen LogP contribution in [0.2, 0.25) is 0 Å². The van der Waals surface area contributed by atoms with E-state index in [1.54, 1.807) is 12.1 Å². The van der Waals surface area contributed by atoms with E-state index >= 15 is 0 Å². The molecule has 3 aromatic rings. The zero-order valence-electron chi connectivity index (χ0n) is 16.1. The molecule has 4 nitrogen and oxygen atoms in total. The monoisotopic (exact) mass is 414 g/mol. The molecule has 156 valence electrons. The van der Waals surface area contributed by atoms with E-state index in [1.807, 2.05) is 18.2 Å². The lowest BCUT2D eigenvalue weighted by Gasteiger charge is -2.22. The summed E-state index contributed by atoms with van der Waals surface area (Å²) in [6.45, 7) is 1.36. The second kappa shape index (κ2) is 7.74. The van der Waals surface area contributed by atoms with Crippen molar-refractivity contribution in [3.63, 3.8) is 0 Å². The molecule has 0 aromatic heterocycles. The molecule has 1 aliphatic rings. The minimum atomic E-state index is -4.39. The van der Waals surface area contributed by atoms with Crippen molar-refractivity contribution >= 4 is 16.7 Å². The van der Waals surface area contributed by atoms with Gasteiger partial charge in [0.2, 0.25) is 5.91 Å². The molecule has 7 heteroatoms. The molecule has 0 saturated carbocycles. The zero-order chi connectivity index (χ0) is 21.5. The number of benzene rings is 3. The topological polar surface area (TPSA) is 78.3 Å². The third-order valence-electron chi connectivity index (χ3n) is 5.76. The normalized spacial score (nSPS) is 19.3. The number of amides is 1. The zero-order valence-corrected chi connectivity index (χ0v) is 16.1. The van der Waals surface area contributed by atoms with Crippen LogP contribution in [0.3, 0.4) is 0 Å². The number of carbonyl (C=O) groups is 1. The lowest BCUT2D eigenvalue weighted by molar-refractivity contribution is -0.137. The fourth-order valence-electron chi connectivity index (χ4n) is 4.24. The number of ether oxygens (including phenoxy) is 1. The molecule has 0 aliphatic carbocycles. The molecule has 1 fully saturated rings. The number of halogens is 3. The number of fused-ring (bicyclic) bond motifs is 1. The summed E-state index contributed by atoms with van der Waals surface area (Å²) in [5, 5.41) is 1.66. The van der Waals surface area contributed by atoms with Crippen molar-refractivity contribution in [3.05, 3.63) is 71.3 Å². The Morgan fingerprint density at radius 1 is 1.00 bits per heavy atom. The summed E-state index contributed by atoms with van der Waals surface area (Å²) in [6, 6.07) is 14.1. The van der Waals surface area contributed by atoms with Gasteiger partial charge in [-0.25, -0.2) is 0 Å². The van der Waals surface area contributed by atoms with Gasteiger partial charge in [-0.15, -0.1) is 0 Å². The Bertz CT molecular complexity index is 1090. The van der Waals surface area contributed by atoms with Crippen LogP contribution < -0.4 is 11.5 Å². The average molecular weight is 414 g/mol. The summed E-state index contributed by atoms with van der Waals surface area (Å²) in [7, 11) is 0. The third kappa shape index (κ3) is 3.55. The van der Waals surface area contributed by atoms with E-state index in [1.165, 1.54) is 12.1 Å². The Balaban J connectivity index is 1.90. The lowest BCUT2D eigenvalue weighted by atomic mass is 9.81. The number of rotatable bonds is 4. The number of hydrogen-bond donors (Lipinski definition) is 2. The maximum atomic E-state index is 12.9. The minimum absolute atomic E-state index is 0.0587. The Kier molecular flexibility index (Phi) is 5.26. The van der Waals surface area contributed by atoms with Crippen LogP contribution >= 0.6 is 0 Å². The van der Waals surface area contributed by atoms with Crippen molar-refractivity contribution in [2.75, 3.05) is 19.8 Å². The molecule has 1 amide bonds. The van der Waals surface area contributed by atoms with Crippen LogP contribution in [0.1, 0.15) is 27.4 Å². The van der Waals surface area contributed by atoms with Crippen LogP contribution in [0.5, 0.6) is 0 Å². The van der Waals surface area contributed by atoms with Gasteiger partial charge in [-0.3, -0.25) is 4.79 Å². The van der Waals surface area contributed by atoms with Crippen molar-refractivity contribution in [2.45, 2.75) is 12.1 Å². The molecule has 0 spiro atoms. The van der Waals surface area contributed by atoms with E-state index in [4.69, 9.17) is 16.2 Å². The van der Waals surface area contributed by atoms with Crippen LogP contribution in [0.15, 0.2) is 54.6 Å². The van der Waals surface area contributed by atoms with Crippen molar-refractivity contribution in [3.8, 4) is 11.1 Å². The van der Waals surface area contributed by atoms with E-state index in [2.05, 4.69) is 0 Å². The van der Waals surface area contributed by atoms with E-state index in [-0.39, 0.29) is 11.8 Å². The van der Waals surface area contributed by atoms with Gasteiger partial charge >= 0.3 is 6.18 Å². The number of nitrogens with two attached hydrogens (primary N) is 2. The molecule has 1 saturated heterocycles. The second-order valence-corrected chi connectivity index (χ2v) is 7.51. The van der Waals surface area contributed by atoms with Gasteiger partial charge in [-0.05, 0) is 52.2 Å². The first kappa shape index (κ1) is 20.4. The molecule has 0 radical (unpaired) electrons. The number of carbonyl (C=O) groups excluding carboxylic acids is 1. The largest absolute Gasteiger partial charge is 0.416 e. The maximum absolute atomic E-state index is 12.9. The van der Waals surface area contributed by atoms with Gasteiger partial charge in [0.05, 0.1) is 18.8 Å². The van der Waals surface area contributed by atoms with Crippen molar-refractivity contribution in [1.82, 2.24) is 0 Å². The molecule has 1 heterocycles. The third-order valence-corrected chi connectivity index (χ3v) is 5.76. The molecule has 4 rings (SSSR count). The van der Waals surface area contributed by atoms with Crippen molar-refractivity contribution in [2.24, 2.45) is 17.4 Å². The SMILES string of the molecule is NCC1COC[C@H]1c1c(C(N)=O)ccc2c(-c3ccc(C(F)(F)F)cc3)cccc12. The molecule has 2 atom stereocenters. The first-order valence-corrected chi connectivity index (χ1v) is 9.62. The summed E-state index contributed by atoms with van der Waals surface area (Å²) < 4.78 is 44.4. The van der Waals surface area contributed by atoms with Gasteiger partial charge in [-0.1, -0.05) is 36.4 Å². The van der Waals surface area contributed by atoms with Gasteiger partial charge < -0.3 is 16.2 Å².